The number of hydrogen-bond acceptors (Lipinski definition) is 3. The SMILES string of the molecule is CN(C)CCCC(=O)C(C)(C)[C]=O. The molecule has 3 heteroatoms. The molecule has 0 atom stereocenters. The van der Waals surface area contributed by atoms with E-state index in [-0.39, 0.29) is 5.78 Å². The van der Waals surface area contributed by atoms with Crippen molar-refractivity contribution >= 4 is 12.1 Å². The van der Waals surface area contributed by atoms with Crippen LogP contribution in [0, 0.1) is 5.41 Å². The number of Topliss-reactive ketones (excluding diaryl/α,β-unsaturated/α-hetero) is 1. The predicted octanol–water partition coefficient (Wildman–Crippen LogP) is 1.03. The lowest BCUT2D eigenvalue weighted by Gasteiger charge is -2.15. The molecule has 0 aromatic carbocycles. The quantitative estimate of drug-likeness (QED) is 0.579. The summed E-state index contributed by atoms with van der Waals surface area (Å²) < 4.78 is 0. The van der Waals surface area contributed by atoms with Crippen LogP contribution in [-0.4, -0.2) is 37.6 Å². The van der Waals surface area contributed by atoms with Crippen molar-refractivity contribution in [2.45, 2.75) is 26.7 Å². The molecule has 0 N–H and O–H groups in total. The number of carbonyl (C=O) groups is 1. The summed E-state index contributed by atoms with van der Waals surface area (Å²) in [5.74, 6) is -0.0237. The molecule has 0 aliphatic heterocycles. The van der Waals surface area contributed by atoms with Crippen LogP contribution in [0.15, 0.2) is 0 Å². The third kappa shape index (κ3) is 4.78. The van der Waals surface area contributed by atoms with Gasteiger partial charge in [0.05, 0.1) is 5.41 Å². The summed E-state index contributed by atoms with van der Waals surface area (Å²) in [6.45, 7) is 4.09. The fraction of sp³-hybridized carbons (Fsp3) is 0.800. The van der Waals surface area contributed by atoms with Gasteiger partial charge in [-0.15, -0.1) is 0 Å². The minimum atomic E-state index is -0.924. The minimum absolute atomic E-state index is 0.0237. The summed E-state index contributed by atoms with van der Waals surface area (Å²) in [5.41, 5.74) is -0.924. The van der Waals surface area contributed by atoms with Crippen molar-refractivity contribution < 1.29 is 9.59 Å². The summed E-state index contributed by atoms with van der Waals surface area (Å²) in [5, 5.41) is 0. The van der Waals surface area contributed by atoms with E-state index in [9.17, 15) is 9.59 Å². The fourth-order valence-electron chi connectivity index (χ4n) is 0.925. The number of carbonyl (C=O) groups excluding carboxylic acids is 2. The van der Waals surface area contributed by atoms with Gasteiger partial charge in [0.1, 0.15) is 5.78 Å². The van der Waals surface area contributed by atoms with Crippen molar-refractivity contribution in [2.24, 2.45) is 5.41 Å². The van der Waals surface area contributed by atoms with E-state index in [1.165, 1.54) is 0 Å². The molecular weight excluding hydrogens is 166 g/mol. The Hall–Kier alpha value is -0.700. The maximum atomic E-state index is 11.4. The Balaban J connectivity index is 3.81. The highest BCUT2D eigenvalue weighted by Crippen LogP contribution is 2.15. The van der Waals surface area contributed by atoms with Gasteiger partial charge in [0, 0.05) is 6.42 Å². The molecule has 0 aliphatic carbocycles. The molecule has 0 bridgehead atoms. The molecule has 75 valence electrons. The van der Waals surface area contributed by atoms with E-state index in [1.54, 1.807) is 20.1 Å². The van der Waals surface area contributed by atoms with Crippen LogP contribution in [-0.2, 0) is 9.59 Å². The molecule has 1 radical (unpaired) electrons. The first-order valence-electron chi connectivity index (χ1n) is 4.47. The first kappa shape index (κ1) is 12.3. The molecule has 0 spiro atoms. The van der Waals surface area contributed by atoms with Crippen LogP contribution in [0.5, 0.6) is 0 Å². The summed E-state index contributed by atoms with van der Waals surface area (Å²) in [4.78, 5) is 23.8. The monoisotopic (exact) mass is 184 g/mol. The molecular formula is C10H18NO2. The predicted molar refractivity (Wildman–Crippen MR) is 52.3 cm³/mol. The Labute approximate surface area is 80.1 Å². The Bertz CT molecular complexity index is 185. The van der Waals surface area contributed by atoms with Crippen LogP contribution in [0.3, 0.4) is 0 Å². The van der Waals surface area contributed by atoms with Crippen molar-refractivity contribution in [3.05, 3.63) is 0 Å². The van der Waals surface area contributed by atoms with Crippen molar-refractivity contribution in [3.63, 3.8) is 0 Å². The Morgan fingerprint density at radius 1 is 1.38 bits per heavy atom. The van der Waals surface area contributed by atoms with Gasteiger partial charge in [0.2, 0.25) is 6.29 Å². The molecule has 0 heterocycles. The third-order valence-corrected chi connectivity index (χ3v) is 1.96. The van der Waals surface area contributed by atoms with Gasteiger partial charge in [0.15, 0.2) is 0 Å². The third-order valence-electron chi connectivity index (χ3n) is 1.96. The Kier molecular flexibility index (Phi) is 4.85. The standard InChI is InChI=1S/C10H18NO2/c1-10(2,8-12)9(13)6-5-7-11(3)4/h5-7H2,1-4H3. The van der Waals surface area contributed by atoms with Gasteiger partial charge < -0.3 is 4.90 Å². The smallest absolute Gasteiger partial charge is 0.212 e. The molecule has 0 aromatic rings. The maximum absolute atomic E-state index is 11.4. The first-order chi connectivity index (χ1) is 5.90. The lowest BCUT2D eigenvalue weighted by molar-refractivity contribution is -0.124. The van der Waals surface area contributed by atoms with Crippen LogP contribution in [0.25, 0.3) is 0 Å². The second-order valence-corrected chi connectivity index (χ2v) is 4.06. The van der Waals surface area contributed by atoms with E-state index >= 15 is 0 Å². The molecule has 0 saturated carbocycles. The van der Waals surface area contributed by atoms with Crippen LogP contribution >= 0.6 is 0 Å². The lowest BCUT2D eigenvalue weighted by Crippen LogP contribution is -2.26. The van der Waals surface area contributed by atoms with Crippen molar-refractivity contribution in [3.8, 4) is 0 Å². The van der Waals surface area contributed by atoms with E-state index in [0.29, 0.717) is 6.42 Å². The van der Waals surface area contributed by atoms with Crippen LogP contribution in [0.4, 0.5) is 0 Å². The van der Waals surface area contributed by atoms with Gasteiger partial charge in [-0.05, 0) is 40.9 Å². The topological polar surface area (TPSA) is 37.4 Å². The second kappa shape index (κ2) is 5.12. The fourth-order valence-corrected chi connectivity index (χ4v) is 0.925. The number of nitrogens with zero attached hydrogens (tertiary/aromatic N) is 1. The molecule has 0 aromatic heterocycles. The van der Waals surface area contributed by atoms with E-state index in [0.717, 1.165) is 13.0 Å². The van der Waals surface area contributed by atoms with Gasteiger partial charge in [-0.2, -0.15) is 0 Å². The van der Waals surface area contributed by atoms with Crippen molar-refractivity contribution in [1.82, 2.24) is 4.90 Å². The molecule has 0 aliphatic rings. The van der Waals surface area contributed by atoms with E-state index in [2.05, 4.69) is 0 Å². The Morgan fingerprint density at radius 3 is 2.31 bits per heavy atom. The lowest BCUT2D eigenvalue weighted by atomic mass is 9.87. The molecule has 0 unspecified atom stereocenters. The summed E-state index contributed by atoms with van der Waals surface area (Å²) in [6, 6.07) is 0. The molecule has 0 saturated heterocycles. The zero-order chi connectivity index (χ0) is 10.5. The first-order valence-corrected chi connectivity index (χ1v) is 4.47. The Morgan fingerprint density at radius 2 is 1.92 bits per heavy atom. The number of ketones is 1. The van der Waals surface area contributed by atoms with Crippen molar-refractivity contribution in [1.29, 1.82) is 0 Å². The van der Waals surface area contributed by atoms with Crippen LogP contribution < -0.4 is 0 Å². The van der Waals surface area contributed by atoms with Gasteiger partial charge in [-0.3, -0.25) is 9.59 Å². The van der Waals surface area contributed by atoms with E-state index in [1.807, 2.05) is 19.0 Å². The van der Waals surface area contributed by atoms with Crippen molar-refractivity contribution in [2.75, 3.05) is 20.6 Å². The summed E-state index contributed by atoms with van der Waals surface area (Å²) in [6.07, 6.45) is 3.03. The minimum Gasteiger partial charge on any atom is -0.309 e. The summed E-state index contributed by atoms with van der Waals surface area (Å²) in [7, 11) is 3.92. The zero-order valence-corrected chi connectivity index (χ0v) is 8.89. The highest BCUT2D eigenvalue weighted by atomic mass is 16.1. The van der Waals surface area contributed by atoms with Gasteiger partial charge in [-0.1, -0.05) is 0 Å². The van der Waals surface area contributed by atoms with Crippen LogP contribution in [0.1, 0.15) is 26.7 Å². The van der Waals surface area contributed by atoms with Crippen LogP contribution in [0.2, 0.25) is 0 Å². The zero-order valence-electron chi connectivity index (χ0n) is 8.89. The van der Waals surface area contributed by atoms with E-state index in [4.69, 9.17) is 0 Å². The molecule has 0 fully saturated rings. The average molecular weight is 184 g/mol. The molecule has 0 amide bonds. The summed E-state index contributed by atoms with van der Waals surface area (Å²) >= 11 is 0. The normalized spacial score (nSPS) is 11.8. The number of hydrogen-bond donors (Lipinski definition) is 0. The van der Waals surface area contributed by atoms with Gasteiger partial charge >= 0.3 is 0 Å². The van der Waals surface area contributed by atoms with E-state index < -0.39 is 5.41 Å². The van der Waals surface area contributed by atoms with Gasteiger partial charge in [0.25, 0.3) is 0 Å². The maximum Gasteiger partial charge on any atom is 0.212 e. The highest BCUT2D eigenvalue weighted by Gasteiger charge is 2.26. The second-order valence-electron chi connectivity index (χ2n) is 4.06. The number of rotatable bonds is 6. The highest BCUT2D eigenvalue weighted by molar-refractivity contribution is 5.97. The van der Waals surface area contributed by atoms with Gasteiger partial charge in [-0.25, -0.2) is 0 Å². The largest absolute Gasteiger partial charge is 0.309 e. The average Bonchev–Trinajstić information content (AvgIpc) is 2.03. The molecule has 3 nitrogen and oxygen atoms in total. The molecule has 13 heavy (non-hydrogen) atoms. The molecule has 0 rings (SSSR count).